The average molecular weight is 232 g/mol. The maximum absolute atomic E-state index is 6.04. The van der Waals surface area contributed by atoms with Gasteiger partial charge in [0.25, 0.3) is 0 Å². The normalized spacial score (nSPS) is 30.4. The lowest BCUT2D eigenvalue weighted by Crippen LogP contribution is -2.38. The van der Waals surface area contributed by atoms with Crippen molar-refractivity contribution in [1.29, 1.82) is 0 Å². The summed E-state index contributed by atoms with van der Waals surface area (Å²) in [5.41, 5.74) is 5.99. The van der Waals surface area contributed by atoms with Gasteiger partial charge >= 0.3 is 0 Å². The minimum absolute atomic E-state index is 0.0491. The van der Waals surface area contributed by atoms with Gasteiger partial charge in [-0.1, -0.05) is 6.92 Å². The molecule has 2 N–H and O–H groups in total. The second-order valence-electron chi connectivity index (χ2n) is 4.57. The van der Waals surface area contributed by atoms with Crippen molar-refractivity contribution in [3.05, 3.63) is 0 Å². The fraction of sp³-hybridized carbons (Fsp3) is 0.900. The molecule has 1 aliphatic rings. The molecule has 1 fully saturated rings. The van der Waals surface area contributed by atoms with E-state index in [9.17, 15) is 0 Å². The Kier molecular flexibility index (Phi) is 4.19. The van der Waals surface area contributed by atoms with Crippen LogP contribution >= 0.6 is 23.5 Å². The molecule has 2 nitrogen and oxygen atoms in total. The van der Waals surface area contributed by atoms with Gasteiger partial charge < -0.3 is 5.73 Å². The molecular weight excluding hydrogens is 212 g/mol. The van der Waals surface area contributed by atoms with Crippen LogP contribution in [0.25, 0.3) is 0 Å². The standard InChI is InChI=1S/C10H20N2S2/c1-7-8(14-6-5-13-7)9(11)12-10(2,3)4/h7-8H,5-6H2,1-4H3,(H2,11,12). The third kappa shape index (κ3) is 3.73. The molecule has 2 atom stereocenters. The van der Waals surface area contributed by atoms with Crippen molar-refractivity contribution in [2.75, 3.05) is 11.5 Å². The molecule has 82 valence electrons. The number of hydrogen-bond donors (Lipinski definition) is 1. The summed E-state index contributed by atoms with van der Waals surface area (Å²) >= 11 is 3.94. The maximum atomic E-state index is 6.04. The molecule has 0 radical (unpaired) electrons. The topological polar surface area (TPSA) is 38.4 Å². The van der Waals surface area contributed by atoms with Crippen molar-refractivity contribution >= 4 is 29.4 Å². The van der Waals surface area contributed by atoms with Crippen LogP contribution in [0, 0.1) is 0 Å². The zero-order chi connectivity index (χ0) is 10.8. The van der Waals surface area contributed by atoms with Gasteiger partial charge in [-0.05, 0) is 20.8 Å². The van der Waals surface area contributed by atoms with Gasteiger partial charge in [-0.2, -0.15) is 11.8 Å². The number of amidine groups is 1. The van der Waals surface area contributed by atoms with E-state index in [0.29, 0.717) is 10.5 Å². The van der Waals surface area contributed by atoms with Crippen LogP contribution in [0.2, 0.25) is 0 Å². The van der Waals surface area contributed by atoms with Gasteiger partial charge in [0.1, 0.15) is 5.84 Å². The summed E-state index contributed by atoms with van der Waals surface area (Å²) in [4.78, 5) is 4.54. The number of aliphatic imine (C=N–C) groups is 1. The summed E-state index contributed by atoms with van der Waals surface area (Å²) in [5.74, 6) is 3.26. The Morgan fingerprint density at radius 2 is 1.86 bits per heavy atom. The molecular formula is C10H20N2S2. The van der Waals surface area contributed by atoms with E-state index in [1.807, 2.05) is 23.5 Å². The Labute approximate surface area is 95.5 Å². The minimum Gasteiger partial charge on any atom is -0.386 e. The Hall–Kier alpha value is 0.170. The van der Waals surface area contributed by atoms with Crippen LogP contribution in [0.15, 0.2) is 4.99 Å². The molecule has 14 heavy (non-hydrogen) atoms. The highest BCUT2D eigenvalue weighted by Gasteiger charge is 2.26. The van der Waals surface area contributed by atoms with Gasteiger partial charge in [-0.3, -0.25) is 4.99 Å². The highest BCUT2D eigenvalue weighted by atomic mass is 32.2. The van der Waals surface area contributed by atoms with E-state index < -0.39 is 0 Å². The molecule has 0 aliphatic carbocycles. The molecule has 0 aromatic carbocycles. The molecule has 1 heterocycles. The van der Waals surface area contributed by atoms with Gasteiger partial charge in [0.15, 0.2) is 0 Å². The van der Waals surface area contributed by atoms with Crippen molar-refractivity contribution < 1.29 is 0 Å². The maximum Gasteiger partial charge on any atom is 0.109 e. The Balaban J connectivity index is 2.67. The number of hydrogen-bond acceptors (Lipinski definition) is 3. The third-order valence-electron chi connectivity index (χ3n) is 1.94. The van der Waals surface area contributed by atoms with Crippen LogP contribution in [-0.2, 0) is 0 Å². The molecule has 0 spiro atoms. The fourth-order valence-corrected chi connectivity index (χ4v) is 4.08. The number of rotatable bonds is 1. The van der Waals surface area contributed by atoms with Crippen LogP contribution in [-0.4, -0.2) is 33.4 Å². The zero-order valence-corrected chi connectivity index (χ0v) is 11.0. The van der Waals surface area contributed by atoms with Crippen LogP contribution in [0.3, 0.4) is 0 Å². The van der Waals surface area contributed by atoms with Gasteiger partial charge in [0.05, 0.1) is 10.8 Å². The van der Waals surface area contributed by atoms with E-state index in [4.69, 9.17) is 5.73 Å². The van der Waals surface area contributed by atoms with Crippen molar-refractivity contribution in [2.45, 2.75) is 43.7 Å². The molecule has 1 saturated heterocycles. The molecule has 0 saturated carbocycles. The quantitative estimate of drug-likeness (QED) is 0.557. The zero-order valence-electron chi connectivity index (χ0n) is 9.41. The Morgan fingerprint density at radius 1 is 1.29 bits per heavy atom. The van der Waals surface area contributed by atoms with Crippen LogP contribution in [0.4, 0.5) is 0 Å². The van der Waals surface area contributed by atoms with Crippen LogP contribution in [0.1, 0.15) is 27.7 Å². The summed E-state index contributed by atoms with van der Waals surface area (Å²) in [6.07, 6.45) is 0. The molecule has 2 unspecified atom stereocenters. The van der Waals surface area contributed by atoms with E-state index in [2.05, 4.69) is 32.7 Å². The average Bonchev–Trinajstić information content (AvgIpc) is 2.01. The lowest BCUT2D eigenvalue weighted by atomic mass is 10.1. The van der Waals surface area contributed by atoms with Crippen molar-refractivity contribution in [3.8, 4) is 0 Å². The second-order valence-corrected chi connectivity index (χ2v) is 7.31. The van der Waals surface area contributed by atoms with Crippen LogP contribution < -0.4 is 5.73 Å². The van der Waals surface area contributed by atoms with Crippen molar-refractivity contribution in [1.82, 2.24) is 0 Å². The lowest BCUT2D eigenvalue weighted by molar-refractivity contribution is 0.581. The first kappa shape index (κ1) is 12.2. The highest BCUT2D eigenvalue weighted by molar-refractivity contribution is 8.07. The molecule has 0 bridgehead atoms. The van der Waals surface area contributed by atoms with Gasteiger partial charge in [0, 0.05) is 16.8 Å². The summed E-state index contributed by atoms with van der Waals surface area (Å²) in [6.45, 7) is 8.51. The van der Waals surface area contributed by atoms with E-state index in [-0.39, 0.29) is 5.54 Å². The first-order valence-corrected chi connectivity index (χ1v) is 7.08. The predicted molar refractivity (Wildman–Crippen MR) is 69.5 cm³/mol. The van der Waals surface area contributed by atoms with Crippen molar-refractivity contribution in [2.24, 2.45) is 10.7 Å². The van der Waals surface area contributed by atoms with Crippen LogP contribution in [0.5, 0.6) is 0 Å². The smallest absolute Gasteiger partial charge is 0.109 e. The molecule has 0 aromatic heterocycles. The number of nitrogens with zero attached hydrogens (tertiary/aromatic N) is 1. The Bertz CT molecular complexity index is 221. The van der Waals surface area contributed by atoms with E-state index in [0.717, 1.165) is 5.84 Å². The minimum atomic E-state index is -0.0491. The van der Waals surface area contributed by atoms with E-state index in [1.54, 1.807) is 0 Å². The molecule has 0 aromatic rings. The van der Waals surface area contributed by atoms with E-state index >= 15 is 0 Å². The fourth-order valence-electron chi connectivity index (χ4n) is 1.41. The third-order valence-corrected chi connectivity index (χ3v) is 5.06. The number of thioether (sulfide) groups is 2. The highest BCUT2D eigenvalue weighted by Crippen LogP contribution is 2.31. The molecule has 1 aliphatic heterocycles. The van der Waals surface area contributed by atoms with Crippen molar-refractivity contribution in [3.63, 3.8) is 0 Å². The second kappa shape index (κ2) is 4.79. The number of nitrogens with two attached hydrogens (primary N) is 1. The van der Waals surface area contributed by atoms with Gasteiger partial charge in [-0.15, -0.1) is 11.8 Å². The summed E-state index contributed by atoms with van der Waals surface area (Å²) in [5, 5.41) is 1.01. The van der Waals surface area contributed by atoms with E-state index in [1.165, 1.54) is 11.5 Å². The lowest BCUT2D eigenvalue weighted by Gasteiger charge is -2.28. The Morgan fingerprint density at radius 3 is 2.36 bits per heavy atom. The largest absolute Gasteiger partial charge is 0.386 e. The monoisotopic (exact) mass is 232 g/mol. The summed E-state index contributed by atoms with van der Waals surface area (Å²) in [6, 6.07) is 0. The van der Waals surface area contributed by atoms with Gasteiger partial charge in [0.2, 0.25) is 0 Å². The molecule has 1 rings (SSSR count). The van der Waals surface area contributed by atoms with Gasteiger partial charge in [-0.25, -0.2) is 0 Å². The SMILES string of the molecule is CC1SCCSC1C(N)=NC(C)(C)C. The predicted octanol–water partition coefficient (Wildman–Crippen LogP) is 2.38. The first-order valence-electron chi connectivity index (χ1n) is 4.98. The summed E-state index contributed by atoms with van der Waals surface area (Å²) < 4.78 is 0. The first-order chi connectivity index (χ1) is 6.40. The summed E-state index contributed by atoms with van der Waals surface area (Å²) in [7, 11) is 0. The molecule has 4 heteroatoms. The molecule has 0 amide bonds.